The number of hydrogen-bond acceptors (Lipinski definition) is 28. The van der Waals surface area contributed by atoms with Crippen LogP contribution < -0.4 is 45.9 Å². The van der Waals surface area contributed by atoms with E-state index in [1.54, 1.807) is 0 Å². The second kappa shape index (κ2) is 70.7. The van der Waals surface area contributed by atoms with Crippen molar-refractivity contribution < 1.29 is 190 Å². The van der Waals surface area contributed by atoms with Crippen molar-refractivity contribution in [3.63, 3.8) is 0 Å². The molecule has 0 aromatic heterocycles. The predicted octanol–water partition coefficient (Wildman–Crippen LogP) is 9.27. The third-order valence-electron chi connectivity index (χ3n) is 22.7. The number of carboxylic acid groups (broad SMARTS) is 12. The largest absolute Gasteiger partial charge is 0.480 e. The van der Waals surface area contributed by atoms with Crippen LogP contribution in [0.25, 0.3) is 0 Å². The lowest BCUT2D eigenvalue weighted by molar-refractivity contribution is -0.169. The lowest BCUT2D eigenvalue weighted by Gasteiger charge is -2.30. The van der Waals surface area contributed by atoms with Gasteiger partial charge in [-0.05, 0) is 53.4 Å². The number of aliphatic carboxylic acids is 12. The number of carbonyl (C=O) groups excluding carboxylic acids is 4. The molecule has 0 aromatic carbocycles. The third kappa shape index (κ3) is 54.4. The first-order valence-corrected chi connectivity index (χ1v) is 48.8. The van der Waals surface area contributed by atoms with Crippen molar-refractivity contribution in [2.24, 2.45) is 45.3 Å². The fourth-order valence-electron chi connectivity index (χ4n) is 13.4. The van der Waals surface area contributed by atoms with Crippen LogP contribution in [0.2, 0.25) is 0 Å². The Hall–Kier alpha value is -9.00. The Bertz CT molecular complexity index is 3460. The number of amides is 4. The van der Waals surface area contributed by atoms with Crippen LogP contribution in [0.15, 0.2) is 0 Å². The van der Waals surface area contributed by atoms with E-state index in [1.807, 2.05) is 0 Å². The fourth-order valence-corrected chi connectivity index (χ4v) is 15.9. The minimum Gasteiger partial charge on any atom is -0.480 e. The summed E-state index contributed by atoms with van der Waals surface area (Å²) < 4.78 is 125. The van der Waals surface area contributed by atoms with E-state index in [2.05, 4.69) is 49.0 Å². The maximum Gasteiger partial charge on any atom is 0.324 e. The molecule has 0 heterocycles. The number of rotatable bonds is 72. The first kappa shape index (κ1) is 138. The van der Waals surface area contributed by atoms with Crippen LogP contribution in [-0.4, -0.2) is 256 Å². The first-order valence-electron chi connectivity index (χ1n) is 42.8. The molecule has 52 heteroatoms. The van der Waals surface area contributed by atoms with Crippen LogP contribution in [0.1, 0.15) is 312 Å². The fraction of sp³-hybridized carbons (Fsp3) is 0.800. The summed E-state index contributed by atoms with van der Waals surface area (Å²) in [6.45, 7) is 11.0. The van der Waals surface area contributed by atoms with Crippen molar-refractivity contribution in [3.8, 4) is 0 Å². The van der Waals surface area contributed by atoms with E-state index < -0.39 is 254 Å². The summed E-state index contributed by atoms with van der Waals surface area (Å²) in [5.74, 6) is -28.6. The maximum atomic E-state index is 12.0. The zero-order valence-electron chi connectivity index (χ0n) is 77.1. The normalized spacial score (nSPS) is 13.4. The van der Waals surface area contributed by atoms with Crippen molar-refractivity contribution in [2.75, 3.05) is 26.2 Å². The molecule has 776 valence electrons. The van der Waals surface area contributed by atoms with E-state index in [9.17, 15) is 151 Å². The Kier molecular flexibility index (Phi) is 74.1. The zero-order valence-corrected chi connectivity index (χ0v) is 80.4. The van der Waals surface area contributed by atoms with Crippen molar-refractivity contribution in [1.82, 2.24) is 45.9 Å². The highest BCUT2D eigenvalue weighted by Crippen LogP contribution is 2.37. The Balaban J connectivity index is -0.000000256. The van der Waals surface area contributed by atoms with E-state index in [1.165, 1.54) is 0 Å². The molecule has 8 atom stereocenters. The average molecular weight is 1990 g/mol. The average Bonchev–Trinajstić information content (AvgIpc) is 0.816. The molecule has 0 bridgehead atoms. The highest BCUT2D eigenvalue weighted by atomic mass is 32.2. The van der Waals surface area contributed by atoms with Gasteiger partial charge in [-0.2, -0.15) is 33.7 Å². The lowest BCUT2D eigenvalue weighted by atomic mass is 9.74. The number of hydrogen-bond donors (Lipinski definition) is 24. The monoisotopic (exact) mass is 1990 g/mol. The second-order valence-electron chi connectivity index (χ2n) is 32.5. The van der Waals surface area contributed by atoms with Crippen molar-refractivity contribution in [3.05, 3.63) is 0 Å². The highest BCUT2D eigenvalue weighted by molar-refractivity contribution is 7.88. The van der Waals surface area contributed by atoms with Crippen LogP contribution >= 0.6 is 0 Å². The van der Waals surface area contributed by atoms with Crippen LogP contribution in [-0.2, 0) is 117 Å². The zero-order chi connectivity index (χ0) is 99.8. The van der Waals surface area contributed by atoms with Gasteiger partial charge in [-0.15, -0.1) is 0 Å². The minimum atomic E-state index is -5.03. The summed E-state index contributed by atoms with van der Waals surface area (Å²) in [4.78, 5) is 186. The molecular weight excluding hydrogens is 1840 g/mol. The van der Waals surface area contributed by atoms with Gasteiger partial charge in [-0.25, -0.2) is 0 Å². The van der Waals surface area contributed by atoms with Gasteiger partial charge in [0, 0.05) is 49.9 Å². The van der Waals surface area contributed by atoms with E-state index in [-0.39, 0.29) is 50.3 Å². The van der Waals surface area contributed by atoms with Crippen molar-refractivity contribution in [1.29, 1.82) is 0 Å². The second-order valence-corrected chi connectivity index (χ2v) is 38.9. The summed E-state index contributed by atoms with van der Waals surface area (Å²) in [7, 11) is -20.1. The van der Waals surface area contributed by atoms with E-state index in [4.69, 9.17) is 38.6 Å². The highest BCUT2D eigenvalue weighted by Gasteiger charge is 2.53. The molecular formula is C80H152N8O40S4. The van der Waals surface area contributed by atoms with Crippen molar-refractivity contribution >= 4 is 136 Å². The molecule has 0 aliphatic carbocycles. The van der Waals surface area contributed by atoms with Crippen LogP contribution in [0.4, 0.5) is 0 Å². The number of carboxylic acids is 12. The van der Waals surface area contributed by atoms with Crippen LogP contribution in [0.5, 0.6) is 0 Å². The van der Waals surface area contributed by atoms with Gasteiger partial charge in [0.15, 0.2) is 42.7 Å². The van der Waals surface area contributed by atoms with Crippen LogP contribution in [0.3, 0.4) is 0 Å². The molecule has 0 saturated carbocycles. The van der Waals surface area contributed by atoms with Gasteiger partial charge in [-0.3, -0.25) is 94.9 Å². The molecule has 32 N–H and O–H groups in total. The van der Waals surface area contributed by atoms with E-state index in [0.717, 1.165) is 207 Å². The Labute approximate surface area is 772 Å². The first-order chi connectivity index (χ1) is 59.1. The van der Waals surface area contributed by atoms with Gasteiger partial charge in [0.05, 0.1) is 25.7 Å². The Morgan fingerprint density at radius 2 is 0.333 bits per heavy atom. The molecule has 8 unspecified atom stereocenters. The van der Waals surface area contributed by atoms with Gasteiger partial charge in [-0.1, -0.05) is 233 Å². The van der Waals surface area contributed by atoms with Crippen molar-refractivity contribution in [2.45, 2.75) is 333 Å². The molecule has 0 saturated heterocycles. The summed E-state index contributed by atoms with van der Waals surface area (Å²) >= 11 is 0. The smallest absolute Gasteiger partial charge is 0.324 e. The topological polar surface area (TPSA) is 921 Å². The third-order valence-corrected chi connectivity index (χ3v) is 27.0. The summed E-state index contributed by atoms with van der Waals surface area (Å²) in [5, 5.41) is 111. The van der Waals surface area contributed by atoms with Gasteiger partial charge < -0.3 is 107 Å². The SMILES string of the molecule is CCCCCCCCCCC(CNC(=O)CC(C(=O)O)S(=O)(=O)O)C(C)(C(=O)O)C(=O)O.CCCCCCCCCCC(CNC(=O)CC(C(=O)O)S(=O)(=O)O)C(C)(C(=O)O)C(=O)O.CCCCCCCCCCC(CNC(=O)CC(C(=O)O)S(=O)(=O)O)C(C)(C(=O)O)C(=O)O.CCCCCCCCCCC(CNC(=O)CC(C(=O)O)S(=O)(=O)O)C(C)(C(=O)O)C(=O)O.N.N.N.N. The minimum absolute atomic E-state index is 0. The number of nitrogens with one attached hydrogen (secondary N) is 4. The Morgan fingerprint density at radius 3 is 0.432 bits per heavy atom. The standard InChI is InChI=1S/4C20H35NO10S.4H3N/c4*1-3-4-5-6-7-8-9-10-11-14(20(2,18(25)26)19(27)28)13-21-16(22)12-15(17(23)24)32(29,30)31;;;;/h4*14-15H,3-13H2,1-2H3,(H,21,22)(H,23,24)(H,25,26)(H,27,28)(H,29,30,31);4*1H3. The molecule has 0 rings (SSSR count). The summed E-state index contributed by atoms with van der Waals surface area (Å²) in [6, 6.07) is 0. The molecule has 4 amide bonds. The molecule has 0 spiro atoms. The molecule has 0 aliphatic heterocycles. The quantitative estimate of drug-likeness (QED) is 0.0153. The maximum absolute atomic E-state index is 12.0. The molecule has 48 nitrogen and oxygen atoms in total. The van der Waals surface area contributed by atoms with Gasteiger partial charge in [0.1, 0.15) is 0 Å². The molecule has 0 aliphatic rings. The van der Waals surface area contributed by atoms with E-state index >= 15 is 0 Å². The molecule has 0 radical (unpaired) electrons. The van der Waals surface area contributed by atoms with Gasteiger partial charge in [0.2, 0.25) is 23.6 Å². The van der Waals surface area contributed by atoms with Gasteiger partial charge in [0.25, 0.3) is 40.5 Å². The molecule has 132 heavy (non-hydrogen) atoms. The van der Waals surface area contributed by atoms with Crippen LogP contribution in [0, 0.1) is 45.3 Å². The summed E-state index contributed by atoms with van der Waals surface area (Å²) in [6.07, 6.45) is 27.4. The molecule has 0 fully saturated rings. The number of unbranched alkanes of at least 4 members (excludes halogenated alkanes) is 28. The van der Waals surface area contributed by atoms with Gasteiger partial charge >= 0.3 is 71.6 Å². The lowest BCUT2D eigenvalue weighted by Crippen LogP contribution is -2.48. The molecule has 0 aromatic rings. The number of carbonyl (C=O) groups is 16. The van der Waals surface area contributed by atoms with E-state index in [0.29, 0.717) is 25.7 Å². The predicted molar refractivity (Wildman–Crippen MR) is 479 cm³/mol. The summed E-state index contributed by atoms with van der Waals surface area (Å²) in [5.41, 5.74) is -8.82. The Morgan fingerprint density at radius 1 is 0.220 bits per heavy atom.